The Kier molecular flexibility index (Phi) is 5.14. The smallest absolute Gasteiger partial charge is 0.308 e. The van der Waals surface area contributed by atoms with E-state index in [1.165, 1.54) is 0 Å². The minimum absolute atomic E-state index is 0.404. The summed E-state index contributed by atoms with van der Waals surface area (Å²) >= 11 is 18.0. The number of aliphatic imine (C=N–C) groups is 1. The monoisotopic (exact) mass is 382 g/mol. The van der Waals surface area contributed by atoms with Crippen LogP contribution in [0.3, 0.4) is 0 Å². The maximum atomic E-state index is 12.2. The highest BCUT2D eigenvalue weighted by Gasteiger charge is 2.17. The van der Waals surface area contributed by atoms with Crippen molar-refractivity contribution in [2.75, 3.05) is 23.7 Å². The molecule has 2 N–H and O–H groups in total. The minimum Gasteiger partial charge on any atom is -0.308 e. The molecule has 0 spiro atoms. The van der Waals surface area contributed by atoms with Crippen LogP contribution in [0.4, 0.5) is 16.2 Å². The maximum absolute atomic E-state index is 12.2. The molecule has 0 saturated heterocycles. The second-order valence-corrected chi connectivity index (χ2v) is 6.33. The molecule has 0 aromatic heterocycles. The van der Waals surface area contributed by atoms with Crippen molar-refractivity contribution in [2.24, 2.45) is 4.99 Å². The van der Waals surface area contributed by atoms with Crippen molar-refractivity contribution < 1.29 is 4.79 Å². The molecule has 0 bridgehead atoms. The number of carbonyl (C=O) groups is 1. The van der Waals surface area contributed by atoms with E-state index >= 15 is 0 Å². The minimum atomic E-state index is -0.424. The van der Waals surface area contributed by atoms with Crippen LogP contribution in [0.5, 0.6) is 0 Å². The number of hydrogen-bond acceptors (Lipinski definition) is 3. The molecule has 1 heterocycles. The predicted molar refractivity (Wildman–Crippen MR) is 99.5 cm³/mol. The Hall–Kier alpha value is -1.95. The number of rotatable bonds is 3. The van der Waals surface area contributed by atoms with E-state index in [4.69, 9.17) is 35.0 Å². The largest absolute Gasteiger partial charge is 0.323 e. The first-order chi connectivity index (χ1) is 11.5. The third kappa shape index (κ3) is 3.93. The number of amidine groups is 1. The van der Waals surface area contributed by atoms with Gasteiger partial charge in [0.2, 0.25) is 0 Å². The first-order valence-corrected chi connectivity index (χ1v) is 8.23. The van der Waals surface area contributed by atoms with Crippen LogP contribution in [0.1, 0.15) is 5.56 Å². The van der Waals surface area contributed by atoms with Gasteiger partial charge in [0.1, 0.15) is 5.84 Å². The normalized spacial score (nSPS) is 13.6. The van der Waals surface area contributed by atoms with Gasteiger partial charge in [0.05, 0.1) is 23.8 Å². The average molecular weight is 384 g/mol. The summed E-state index contributed by atoms with van der Waals surface area (Å²) in [6, 6.07) is 11.7. The van der Waals surface area contributed by atoms with Gasteiger partial charge in [0.25, 0.3) is 0 Å². The highest BCUT2D eigenvalue weighted by atomic mass is 35.5. The van der Waals surface area contributed by atoms with Crippen LogP contribution in [-0.2, 0) is 0 Å². The molecule has 24 heavy (non-hydrogen) atoms. The van der Waals surface area contributed by atoms with Gasteiger partial charge in [-0.1, -0.05) is 35.3 Å². The van der Waals surface area contributed by atoms with Gasteiger partial charge >= 0.3 is 6.03 Å². The van der Waals surface area contributed by atoms with Gasteiger partial charge in [-0.3, -0.25) is 9.41 Å². The van der Waals surface area contributed by atoms with Gasteiger partial charge in [-0.2, -0.15) is 0 Å². The highest BCUT2D eigenvalue weighted by molar-refractivity contribution is 6.35. The number of nitrogens with zero attached hydrogens (tertiary/aromatic N) is 2. The van der Waals surface area contributed by atoms with E-state index in [1.54, 1.807) is 34.8 Å². The quantitative estimate of drug-likeness (QED) is 0.744. The van der Waals surface area contributed by atoms with E-state index in [2.05, 4.69) is 15.6 Å². The number of hydrogen-bond donors (Lipinski definition) is 2. The van der Waals surface area contributed by atoms with E-state index in [0.29, 0.717) is 40.3 Å². The molecule has 0 radical (unpaired) electrons. The molecular weight excluding hydrogens is 371 g/mol. The Morgan fingerprint density at radius 3 is 2.71 bits per heavy atom. The lowest BCUT2D eigenvalue weighted by molar-refractivity contribution is 0.262. The lowest BCUT2D eigenvalue weighted by atomic mass is 10.2. The summed E-state index contributed by atoms with van der Waals surface area (Å²) in [6.45, 7) is 1.33. The van der Waals surface area contributed by atoms with Crippen molar-refractivity contribution in [1.82, 2.24) is 4.42 Å². The topological polar surface area (TPSA) is 56.7 Å². The van der Waals surface area contributed by atoms with Crippen LogP contribution >= 0.6 is 35.0 Å². The molecule has 1 aliphatic rings. The molecule has 0 saturated carbocycles. The Morgan fingerprint density at radius 2 is 1.96 bits per heavy atom. The van der Waals surface area contributed by atoms with Gasteiger partial charge in [-0.15, -0.1) is 0 Å². The molecule has 1 aliphatic heterocycles. The van der Waals surface area contributed by atoms with Crippen molar-refractivity contribution in [2.45, 2.75) is 0 Å². The molecule has 124 valence electrons. The number of nitrogens with one attached hydrogen (secondary N) is 2. The number of carbonyl (C=O) groups excluding carboxylic acids is 1. The summed E-state index contributed by atoms with van der Waals surface area (Å²) in [5.41, 5.74) is 1.88. The molecule has 0 atom stereocenters. The van der Waals surface area contributed by atoms with Crippen LogP contribution in [0.15, 0.2) is 47.5 Å². The van der Waals surface area contributed by atoms with Crippen LogP contribution < -0.4 is 10.6 Å². The molecule has 2 aromatic carbocycles. The predicted octanol–water partition coefficient (Wildman–Crippen LogP) is 4.85. The van der Waals surface area contributed by atoms with Gasteiger partial charge in [-0.05, 0) is 30.3 Å². The Bertz CT molecular complexity index is 810. The van der Waals surface area contributed by atoms with E-state index < -0.39 is 6.03 Å². The number of urea groups is 1. The fraction of sp³-hybridized carbons (Fsp3) is 0.125. The summed E-state index contributed by atoms with van der Waals surface area (Å²) in [6.07, 6.45) is 0. The standard InChI is InChI=1S/C16H13Cl3N4O/c17-11-4-5-13(18)14(9-11)22-16(24)21-12-3-1-2-10(8-12)15-20-6-7-23(15)19/h1-5,8-9H,6-7H2,(H2,21,22,24). The van der Waals surface area contributed by atoms with Gasteiger partial charge in [-0.25, -0.2) is 4.79 Å². The van der Waals surface area contributed by atoms with Crippen molar-refractivity contribution in [3.8, 4) is 0 Å². The molecular formula is C16H13Cl3N4O. The number of halogens is 3. The second-order valence-electron chi connectivity index (χ2n) is 5.08. The van der Waals surface area contributed by atoms with Crippen molar-refractivity contribution in [3.63, 3.8) is 0 Å². The van der Waals surface area contributed by atoms with Crippen LogP contribution in [0.2, 0.25) is 10.0 Å². The van der Waals surface area contributed by atoms with E-state index in [-0.39, 0.29) is 0 Å². The van der Waals surface area contributed by atoms with Crippen LogP contribution in [0, 0.1) is 0 Å². The lowest BCUT2D eigenvalue weighted by Gasteiger charge is -2.13. The average Bonchev–Trinajstić information content (AvgIpc) is 2.97. The molecule has 0 aliphatic carbocycles. The number of anilines is 2. The van der Waals surface area contributed by atoms with E-state index in [0.717, 1.165) is 5.56 Å². The summed E-state index contributed by atoms with van der Waals surface area (Å²) < 4.78 is 1.56. The Labute approximate surface area is 154 Å². The highest BCUT2D eigenvalue weighted by Crippen LogP contribution is 2.25. The lowest BCUT2D eigenvalue weighted by Crippen LogP contribution is -2.21. The number of amides is 2. The van der Waals surface area contributed by atoms with Crippen LogP contribution in [-0.4, -0.2) is 29.4 Å². The van der Waals surface area contributed by atoms with E-state index in [1.807, 2.05) is 12.1 Å². The zero-order valence-corrected chi connectivity index (χ0v) is 14.7. The zero-order chi connectivity index (χ0) is 17.1. The third-order valence-electron chi connectivity index (χ3n) is 3.34. The molecule has 5 nitrogen and oxygen atoms in total. The Balaban J connectivity index is 1.72. The van der Waals surface area contributed by atoms with Crippen molar-refractivity contribution >= 4 is 58.2 Å². The summed E-state index contributed by atoms with van der Waals surface area (Å²) in [5, 5.41) is 6.30. The summed E-state index contributed by atoms with van der Waals surface area (Å²) in [7, 11) is 0. The molecule has 2 amide bonds. The fourth-order valence-electron chi connectivity index (χ4n) is 2.27. The summed E-state index contributed by atoms with van der Waals surface area (Å²) in [4.78, 5) is 16.5. The first kappa shape index (κ1) is 16.9. The fourth-order valence-corrected chi connectivity index (χ4v) is 2.84. The second kappa shape index (κ2) is 7.30. The Morgan fingerprint density at radius 1 is 1.12 bits per heavy atom. The third-order valence-corrected chi connectivity index (χ3v) is 4.24. The molecule has 0 fully saturated rings. The van der Waals surface area contributed by atoms with Gasteiger partial charge in [0.15, 0.2) is 0 Å². The SMILES string of the molecule is O=C(Nc1cccc(C2=NCCN2Cl)c1)Nc1cc(Cl)ccc1Cl. The number of benzene rings is 2. The molecule has 2 aromatic rings. The van der Waals surface area contributed by atoms with E-state index in [9.17, 15) is 4.79 Å². The van der Waals surface area contributed by atoms with Crippen molar-refractivity contribution in [1.29, 1.82) is 0 Å². The zero-order valence-electron chi connectivity index (χ0n) is 12.4. The maximum Gasteiger partial charge on any atom is 0.323 e. The molecule has 0 unspecified atom stereocenters. The molecule has 8 heteroatoms. The first-order valence-electron chi connectivity index (χ1n) is 7.14. The van der Waals surface area contributed by atoms with Crippen LogP contribution in [0.25, 0.3) is 0 Å². The van der Waals surface area contributed by atoms with Gasteiger partial charge in [0, 0.05) is 28.1 Å². The van der Waals surface area contributed by atoms with Crippen molar-refractivity contribution in [3.05, 3.63) is 58.1 Å². The van der Waals surface area contributed by atoms with Gasteiger partial charge < -0.3 is 10.6 Å². The summed E-state index contributed by atoms with van der Waals surface area (Å²) in [5.74, 6) is 0.693. The molecule has 3 rings (SSSR count).